The summed E-state index contributed by atoms with van der Waals surface area (Å²) in [4.78, 5) is 23.4. The lowest BCUT2D eigenvalue weighted by Crippen LogP contribution is -2.46. The first-order valence-corrected chi connectivity index (χ1v) is 8.78. The molecule has 3 N–H and O–H groups in total. The zero-order valence-corrected chi connectivity index (χ0v) is 14.5. The Labute approximate surface area is 149 Å². The van der Waals surface area contributed by atoms with Crippen molar-refractivity contribution in [1.29, 1.82) is 0 Å². The van der Waals surface area contributed by atoms with Crippen LogP contribution in [-0.2, 0) is 14.8 Å². The molecular weight excluding hydrogens is 365 g/mol. The van der Waals surface area contributed by atoms with Crippen LogP contribution in [0.15, 0.2) is 53.4 Å². The maximum Gasteiger partial charge on any atom is 0.269 e. The number of hydrogen-bond acceptors (Lipinski definition) is 5. The molecule has 2 aromatic carbocycles. The van der Waals surface area contributed by atoms with Crippen LogP contribution in [0.4, 0.5) is 4.39 Å². The van der Waals surface area contributed by atoms with Crippen molar-refractivity contribution in [2.24, 2.45) is 0 Å². The van der Waals surface area contributed by atoms with Crippen LogP contribution in [0.1, 0.15) is 10.4 Å². The highest BCUT2D eigenvalue weighted by atomic mass is 32.2. The third-order valence-corrected chi connectivity index (χ3v) is 4.63. The quantitative estimate of drug-likeness (QED) is 0.633. The topological polar surface area (TPSA) is 114 Å². The van der Waals surface area contributed by atoms with Gasteiger partial charge in [0.15, 0.2) is 0 Å². The zero-order valence-electron chi connectivity index (χ0n) is 13.7. The molecule has 0 heterocycles. The molecule has 0 unspecified atom stereocenters. The molecule has 0 aliphatic carbocycles. The third kappa shape index (κ3) is 5.26. The van der Waals surface area contributed by atoms with Gasteiger partial charge in [-0.15, -0.1) is 0 Å². The van der Waals surface area contributed by atoms with Gasteiger partial charge in [0.25, 0.3) is 11.8 Å². The smallest absolute Gasteiger partial charge is 0.269 e. The predicted molar refractivity (Wildman–Crippen MR) is 90.2 cm³/mol. The molecule has 0 bridgehead atoms. The lowest BCUT2D eigenvalue weighted by Gasteiger charge is -2.09. The summed E-state index contributed by atoms with van der Waals surface area (Å²) in [5.74, 6) is -1.46. The van der Waals surface area contributed by atoms with Crippen LogP contribution in [0.5, 0.6) is 5.75 Å². The van der Waals surface area contributed by atoms with Crippen LogP contribution < -0.4 is 20.3 Å². The second-order valence-corrected chi connectivity index (χ2v) is 6.78. The lowest BCUT2D eigenvalue weighted by atomic mass is 10.2. The Morgan fingerprint density at radius 3 is 2.19 bits per heavy atom. The minimum absolute atomic E-state index is 0.0403. The first-order chi connectivity index (χ1) is 12.3. The van der Waals surface area contributed by atoms with Crippen molar-refractivity contribution in [3.63, 3.8) is 0 Å². The van der Waals surface area contributed by atoms with Crippen LogP contribution in [0, 0.1) is 5.82 Å². The van der Waals surface area contributed by atoms with Gasteiger partial charge in [0.05, 0.1) is 18.6 Å². The Balaban J connectivity index is 1.85. The Morgan fingerprint density at radius 2 is 1.62 bits per heavy atom. The van der Waals surface area contributed by atoms with Gasteiger partial charge < -0.3 is 4.74 Å². The molecule has 0 aliphatic rings. The first-order valence-electron chi connectivity index (χ1n) is 7.30. The van der Waals surface area contributed by atoms with E-state index in [-0.39, 0.29) is 10.5 Å². The summed E-state index contributed by atoms with van der Waals surface area (Å²) in [7, 11) is -2.45. The van der Waals surface area contributed by atoms with Gasteiger partial charge in [0.2, 0.25) is 10.0 Å². The zero-order chi connectivity index (χ0) is 19.2. The van der Waals surface area contributed by atoms with E-state index in [1.165, 1.54) is 43.5 Å². The van der Waals surface area contributed by atoms with Gasteiger partial charge in [-0.2, -0.15) is 0 Å². The molecule has 0 aromatic heterocycles. The number of carbonyl (C=O) groups excluding carboxylic acids is 2. The largest absolute Gasteiger partial charge is 0.497 e. The molecule has 138 valence electrons. The highest BCUT2D eigenvalue weighted by Crippen LogP contribution is 2.14. The number of ether oxygens (including phenoxy) is 1. The number of amides is 2. The van der Waals surface area contributed by atoms with E-state index in [4.69, 9.17) is 4.74 Å². The van der Waals surface area contributed by atoms with Crippen molar-refractivity contribution in [1.82, 2.24) is 15.6 Å². The van der Waals surface area contributed by atoms with E-state index in [1.807, 2.05) is 0 Å². The molecule has 26 heavy (non-hydrogen) atoms. The number of hydrazine groups is 1. The van der Waals surface area contributed by atoms with E-state index in [1.54, 1.807) is 0 Å². The van der Waals surface area contributed by atoms with Crippen LogP contribution in [0.3, 0.4) is 0 Å². The summed E-state index contributed by atoms with van der Waals surface area (Å²) >= 11 is 0. The predicted octanol–water partition coefficient (Wildman–Crippen LogP) is 0.574. The summed E-state index contributed by atoms with van der Waals surface area (Å²) in [6.07, 6.45) is 0. The summed E-state index contributed by atoms with van der Waals surface area (Å²) < 4.78 is 44.0. The molecule has 0 fully saturated rings. The van der Waals surface area contributed by atoms with Gasteiger partial charge in [0.1, 0.15) is 11.6 Å². The lowest BCUT2D eigenvalue weighted by molar-refractivity contribution is -0.120. The van der Waals surface area contributed by atoms with Gasteiger partial charge in [-0.25, -0.2) is 17.5 Å². The van der Waals surface area contributed by atoms with E-state index in [0.29, 0.717) is 5.75 Å². The second-order valence-electron chi connectivity index (χ2n) is 5.01. The molecule has 2 rings (SSSR count). The molecular formula is C16H16FN3O5S. The van der Waals surface area contributed by atoms with E-state index in [9.17, 15) is 22.4 Å². The van der Waals surface area contributed by atoms with Crippen LogP contribution in [-0.4, -0.2) is 33.9 Å². The average molecular weight is 381 g/mol. The van der Waals surface area contributed by atoms with E-state index >= 15 is 0 Å². The fourth-order valence-electron chi connectivity index (χ4n) is 1.84. The molecule has 0 atom stereocenters. The van der Waals surface area contributed by atoms with Crippen molar-refractivity contribution >= 4 is 21.8 Å². The minimum atomic E-state index is -3.90. The molecule has 10 heteroatoms. The summed E-state index contributed by atoms with van der Waals surface area (Å²) in [6, 6.07) is 10.3. The number of nitrogens with one attached hydrogen (secondary N) is 3. The van der Waals surface area contributed by atoms with Crippen LogP contribution in [0.2, 0.25) is 0 Å². The van der Waals surface area contributed by atoms with Crippen molar-refractivity contribution in [3.8, 4) is 5.75 Å². The third-order valence-electron chi connectivity index (χ3n) is 3.21. The Bertz CT molecular complexity index is 883. The standard InChI is InChI=1S/C16H16FN3O5S/c1-25-13-6-8-14(9-7-13)26(23,24)18-10-15(21)19-20-16(22)11-2-4-12(17)5-3-11/h2-9,18H,10H2,1H3,(H,19,21)(H,20,22). The number of sulfonamides is 1. The Morgan fingerprint density at radius 1 is 1.00 bits per heavy atom. The van der Waals surface area contributed by atoms with Crippen molar-refractivity contribution in [2.75, 3.05) is 13.7 Å². The molecule has 0 aliphatic heterocycles. The van der Waals surface area contributed by atoms with Crippen molar-refractivity contribution < 1.29 is 27.1 Å². The number of benzene rings is 2. The fraction of sp³-hybridized carbons (Fsp3) is 0.125. The highest BCUT2D eigenvalue weighted by molar-refractivity contribution is 7.89. The Kier molecular flexibility index (Phi) is 6.26. The normalized spacial score (nSPS) is 10.8. The van der Waals surface area contributed by atoms with Gasteiger partial charge in [-0.1, -0.05) is 0 Å². The van der Waals surface area contributed by atoms with Gasteiger partial charge >= 0.3 is 0 Å². The highest BCUT2D eigenvalue weighted by Gasteiger charge is 2.16. The average Bonchev–Trinajstić information content (AvgIpc) is 2.65. The minimum Gasteiger partial charge on any atom is -0.497 e. The van der Waals surface area contributed by atoms with Gasteiger partial charge in [-0.3, -0.25) is 20.4 Å². The molecule has 2 amide bonds. The van der Waals surface area contributed by atoms with Gasteiger partial charge in [-0.05, 0) is 48.5 Å². The monoisotopic (exact) mass is 381 g/mol. The maximum absolute atomic E-state index is 12.8. The molecule has 0 saturated carbocycles. The summed E-state index contributed by atoms with van der Waals surface area (Å²) in [6.45, 7) is -0.585. The number of hydrogen-bond donors (Lipinski definition) is 3. The fourth-order valence-corrected chi connectivity index (χ4v) is 2.83. The van der Waals surface area contributed by atoms with Crippen molar-refractivity contribution in [2.45, 2.75) is 4.90 Å². The number of rotatable bonds is 6. The molecule has 2 aromatic rings. The molecule has 0 saturated heterocycles. The van der Waals surface area contributed by atoms with E-state index in [2.05, 4.69) is 15.6 Å². The summed E-state index contributed by atoms with van der Waals surface area (Å²) in [5, 5.41) is 0. The van der Waals surface area contributed by atoms with Crippen LogP contribution in [0.25, 0.3) is 0 Å². The number of methoxy groups -OCH3 is 1. The number of halogens is 1. The second kappa shape index (κ2) is 8.41. The number of carbonyl (C=O) groups is 2. The first kappa shape index (κ1) is 19.3. The van der Waals surface area contributed by atoms with Gasteiger partial charge in [0, 0.05) is 5.56 Å². The maximum atomic E-state index is 12.8. The van der Waals surface area contributed by atoms with E-state index < -0.39 is 34.2 Å². The van der Waals surface area contributed by atoms with Crippen LogP contribution >= 0.6 is 0 Å². The molecule has 8 nitrogen and oxygen atoms in total. The molecule has 0 spiro atoms. The Hall–Kier alpha value is -2.98. The van der Waals surface area contributed by atoms with E-state index in [0.717, 1.165) is 12.1 Å². The van der Waals surface area contributed by atoms with Crippen molar-refractivity contribution in [3.05, 3.63) is 59.9 Å². The SMILES string of the molecule is COc1ccc(S(=O)(=O)NCC(=O)NNC(=O)c2ccc(F)cc2)cc1. The summed E-state index contributed by atoms with van der Waals surface area (Å²) in [5.41, 5.74) is 4.29. The molecule has 0 radical (unpaired) electrons.